The molecule has 1 saturated carbocycles. The van der Waals surface area contributed by atoms with E-state index in [0.717, 1.165) is 0 Å². The third-order valence-corrected chi connectivity index (χ3v) is 9.02. The third-order valence-electron chi connectivity index (χ3n) is 9.02. The number of carbonyl (C=O) groups is 1. The Morgan fingerprint density at radius 1 is 1.14 bits per heavy atom. The monoisotopic (exact) mass is 616 g/mol. The van der Waals surface area contributed by atoms with Crippen molar-refractivity contribution in [3.63, 3.8) is 0 Å². The Labute approximate surface area is 252 Å². The lowest BCUT2D eigenvalue weighted by Gasteiger charge is -2.47. The lowest BCUT2D eigenvalue weighted by molar-refractivity contribution is -0.293. The van der Waals surface area contributed by atoms with Crippen molar-refractivity contribution in [1.82, 2.24) is 16.0 Å². The van der Waals surface area contributed by atoms with Gasteiger partial charge in [0, 0.05) is 31.7 Å². The number of nitrogens with two attached hydrogens (primary N) is 3. The second-order valence-corrected chi connectivity index (χ2v) is 12.4. The summed E-state index contributed by atoms with van der Waals surface area (Å²) in [6.07, 6.45) is -4.31. The first kappa shape index (κ1) is 34.4. The van der Waals surface area contributed by atoms with E-state index in [1.165, 1.54) is 0 Å². The van der Waals surface area contributed by atoms with Gasteiger partial charge in [-0.05, 0) is 37.2 Å². The fourth-order valence-corrected chi connectivity index (χ4v) is 6.43. The number of ether oxygens (including phenoxy) is 4. The molecule has 4 rings (SSSR count). The van der Waals surface area contributed by atoms with E-state index in [2.05, 4.69) is 16.0 Å². The fraction of sp³-hybridized carbons (Fsp3) is 0.893. The SMILES string of the molecule is CC[C@@H]1C(O)C(O[C@@H]2C(O)[C@H](O[C@H]3OC(CNCC4C[C@H](O)CN4)=CC[C@H]3N)C(N)C[C@H]2NC(=O)[C@@H](O)CN)OC[C@H]1C. The lowest BCUT2D eigenvalue weighted by Crippen LogP contribution is -2.67. The summed E-state index contributed by atoms with van der Waals surface area (Å²) in [6, 6.07) is -1.96. The first-order valence-electron chi connectivity index (χ1n) is 15.5. The molecule has 15 heteroatoms. The number of β-amino-alcohol motifs (C(OH)–C–C–N with tert-alkyl or cyclic N) is 1. The lowest BCUT2D eigenvalue weighted by atomic mass is 9.82. The van der Waals surface area contributed by atoms with Gasteiger partial charge in [0.2, 0.25) is 12.2 Å². The van der Waals surface area contributed by atoms with Gasteiger partial charge in [-0.2, -0.15) is 0 Å². The minimum absolute atomic E-state index is 0.0807. The van der Waals surface area contributed by atoms with E-state index in [1.807, 2.05) is 19.9 Å². The molecule has 5 unspecified atom stereocenters. The van der Waals surface area contributed by atoms with Gasteiger partial charge in [-0.1, -0.05) is 20.3 Å². The van der Waals surface area contributed by atoms with E-state index in [-0.39, 0.29) is 36.9 Å². The number of aliphatic hydroxyl groups excluding tert-OH is 4. The van der Waals surface area contributed by atoms with Crippen LogP contribution in [0.15, 0.2) is 11.8 Å². The molecule has 14 atom stereocenters. The van der Waals surface area contributed by atoms with Gasteiger partial charge in [0.1, 0.15) is 36.3 Å². The molecule has 1 amide bonds. The maximum Gasteiger partial charge on any atom is 0.250 e. The summed E-state index contributed by atoms with van der Waals surface area (Å²) in [7, 11) is 0. The molecule has 0 aromatic heterocycles. The molecule has 0 aromatic rings. The van der Waals surface area contributed by atoms with Crippen molar-refractivity contribution in [2.24, 2.45) is 29.0 Å². The average molecular weight is 617 g/mol. The van der Waals surface area contributed by atoms with Gasteiger partial charge < -0.3 is 72.5 Å². The van der Waals surface area contributed by atoms with Gasteiger partial charge >= 0.3 is 0 Å². The quantitative estimate of drug-likeness (QED) is 0.101. The van der Waals surface area contributed by atoms with Gasteiger partial charge in [-0.25, -0.2) is 0 Å². The van der Waals surface area contributed by atoms with E-state index in [4.69, 9.17) is 36.1 Å². The molecule has 15 nitrogen and oxygen atoms in total. The van der Waals surface area contributed by atoms with Crippen LogP contribution in [0.25, 0.3) is 0 Å². The smallest absolute Gasteiger partial charge is 0.250 e. The summed E-state index contributed by atoms with van der Waals surface area (Å²) in [5.74, 6) is -0.0649. The third kappa shape index (κ3) is 8.62. The van der Waals surface area contributed by atoms with Crippen molar-refractivity contribution in [1.29, 1.82) is 0 Å². The highest BCUT2D eigenvalue weighted by molar-refractivity contribution is 5.81. The van der Waals surface area contributed by atoms with Crippen LogP contribution in [0.5, 0.6) is 0 Å². The van der Waals surface area contributed by atoms with Crippen molar-refractivity contribution < 1.29 is 44.2 Å². The number of rotatable bonds is 12. The van der Waals surface area contributed by atoms with Crippen molar-refractivity contribution >= 4 is 5.91 Å². The average Bonchev–Trinajstić information content (AvgIpc) is 3.40. The Kier molecular flexibility index (Phi) is 12.6. The second-order valence-electron chi connectivity index (χ2n) is 12.4. The van der Waals surface area contributed by atoms with E-state index in [9.17, 15) is 25.2 Å². The standard InChI is InChI=1S/C28H52N6O9/c1-3-17-13(2)12-40-28(22(17)37)43-25-20(34-26(39)21(36)8-29)7-19(31)24(23(25)38)42-27-18(30)5-4-16(41-27)11-32-9-14-6-15(35)10-33-14/h4,13-15,17-25,27-28,32-33,35-38H,3,5-12,29-31H2,1-2H3,(H,34,39)/t13-,14?,15+,17+,18-,19?,20-,21+,22?,23?,24-,25+,27-,28?/m1/s1. The van der Waals surface area contributed by atoms with Crippen LogP contribution in [0.1, 0.15) is 39.5 Å². The van der Waals surface area contributed by atoms with Crippen molar-refractivity contribution in [2.45, 2.75) is 113 Å². The van der Waals surface area contributed by atoms with Gasteiger partial charge in [0.05, 0.1) is 31.3 Å². The van der Waals surface area contributed by atoms with Crippen LogP contribution in [0.4, 0.5) is 0 Å². The summed E-state index contributed by atoms with van der Waals surface area (Å²) >= 11 is 0. The molecule has 4 aliphatic rings. The van der Waals surface area contributed by atoms with E-state index in [1.54, 1.807) is 0 Å². The zero-order valence-electron chi connectivity index (χ0n) is 25.1. The topological polar surface area (TPSA) is 249 Å². The van der Waals surface area contributed by atoms with Gasteiger partial charge in [0.25, 0.3) is 0 Å². The number of amides is 1. The molecule has 3 heterocycles. The molecule has 248 valence electrons. The highest BCUT2D eigenvalue weighted by atomic mass is 16.7. The Balaban J connectivity index is 1.42. The van der Waals surface area contributed by atoms with Gasteiger partial charge in [-0.15, -0.1) is 0 Å². The van der Waals surface area contributed by atoms with Crippen LogP contribution in [-0.4, -0.2) is 132 Å². The molecule has 0 radical (unpaired) electrons. The zero-order valence-corrected chi connectivity index (χ0v) is 25.1. The maximum atomic E-state index is 12.6. The molecule has 1 aliphatic carbocycles. The van der Waals surface area contributed by atoms with Crippen LogP contribution in [-0.2, 0) is 23.7 Å². The second kappa shape index (κ2) is 15.7. The Morgan fingerprint density at radius 2 is 1.88 bits per heavy atom. The summed E-state index contributed by atoms with van der Waals surface area (Å²) < 4.78 is 24.3. The number of hydrogen-bond donors (Lipinski definition) is 10. The predicted molar refractivity (Wildman–Crippen MR) is 155 cm³/mol. The molecule has 43 heavy (non-hydrogen) atoms. The predicted octanol–water partition coefficient (Wildman–Crippen LogP) is -3.70. The highest BCUT2D eigenvalue weighted by Crippen LogP contribution is 2.33. The largest absolute Gasteiger partial charge is 0.467 e. The molecule has 13 N–H and O–H groups in total. The van der Waals surface area contributed by atoms with E-state index < -0.39 is 67.1 Å². The minimum atomic E-state index is -1.45. The zero-order chi connectivity index (χ0) is 31.3. The van der Waals surface area contributed by atoms with Crippen LogP contribution < -0.4 is 33.2 Å². The summed E-state index contributed by atoms with van der Waals surface area (Å²) in [4.78, 5) is 12.6. The summed E-state index contributed by atoms with van der Waals surface area (Å²) in [6.45, 7) is 5.70. The normalized spacial score (nSPS) is 42.6. The van der Waals surface area contributed by atoms with Crippen LogP contribution in [0.2, 0.25) is 0 Å². The molecule has 3 aliphatic heterocycles. The molecule has 2 saturated heterocycles. The van der Waals surface area contributed by atoms with Gasteiger partial charge in [0.15, 0.2) is 6.29 Å². The molecular weight excluding hydrogens is 564 g/mol. The number of carbonyl (C=O) groups excluding carboxylic acids is 1. The van der Waals surface area contributed by atoms with Crippen LogP contribution >= 0.6 is 0 Å². The molecule has 3 fully saturated rings. The number of nitrogens with one attached hydrogen (secondary N) is 3. The fourth-order valence-electron chi connectivity index (χ4n) is 6.43. The van der Waals surface area contributed by atoms with Crippen LogP contribution in [0, 0.1) is 11.8 Å². The van der Waals surface area contributed by atoms with E-state index in [0.29, 0.717) is 51.3 Å². The first-order valence-corrected chi connectivity index (χ1v) is 15.5. The Hall–Kier alpha value is -1.47. The summed E-state index contributed by atoms with van der Waals surface area (Å²) in [5.41, 5.74) is 18.3. The van der Waals surface area contributed by atoms with Crippen LogP contribution in [0.3, 0.4) is 0 Å². The number of hydrogen-bond acceptors (Lipinski definition) is 14. The Morgan fingerprint density at radius 3 is 2.56 bits per heavy atom. The maximum absolute atomic E-state index is 12.6. The van der Waals surface area contributed by atoms with Crippen molar-refractivity contribution in [3.8, 4) is 0 Å². The van der Waals surface area contributed by atoms with E-state index >= 15 is 0 Å². The minimum Gasteiger partial charge on any atom is -0.467 e. The summed E-state index contributed by atoms with van der Waals surface area (Å²) in [5, 5.41) is 51.5. The Bertz CT molecular complexity index is 933. The molecule has 0 spiro atoms. The highest BCUT2D eigenvalue weighted by Gasteiger charge is 2.49. The van der Waals surface area contributed by atoms with Crippen molar-refractivity contribution in [2.75, 3.05) is 32.8 Å². The molecule has 0 aromatic carbocycles. The first-order chi connectivity index (χ1) is 20.5. The number of aliphatic hydroxyl groups is 4. The molecule has 0 bridgehead atoms. The molecular formula is C28H52N6O9. The van der Waals surface area contributed by atoms with Crippen molar-refractivity contribution in [3.05, 3.63) is 11.8 Å². The van der Waals surface area contributed by atoms with Gasteiger partial charge in [-0.3, -0.25) is 4.79 Å².